The molecule has 12 heteroatoms. The van der Waals surface area contributed by atoms with E-state index in [1.54, 1.807) is 21.1 Å². The van der Waals surface area contributed by atoms with Crippen molar-refractivity contribution in [1.29, 1.82) is 0 Å². The van der Waals surface area contributed by atoms with Crippen LogP contribution in [0.2, 0.25) is 0 Å². The minimum absolute atomic E-state index is 0.0914. The molecule has 1 aromatic carbocycles. The monoisotopic (exact) mass is 424 g/mol. The van der Waals surface area contributed by atoms with Crippen molar-refractivity contribution in [3.8, 4) is 0 Å². The van der Waals surface area contributed by atoms with Crippen LogP contribution in [-0.2, 0) is 31.6 Å². The van der Waals surface area contributed by atoms with E-state index in [1.807, 2.05) is 0 Å². The summed E-state index contributed by atoms with van der Waals surface area (Å²) in [7, 11) is 6.18. The SMILES string of the molecule is CN(C)c1ccc(C(F)(F)F)cc1NC(=O)Cn1c(=O)c2c(ncn2C)n(C)c1=O. The largest absolute Gasteiger partial charge is 0.416 e. The first kappa shape index (κ1) is 21.1. The number of fused-ring (bicyclic) bond motifs is 1. The van der Waals surface area contributed by atoms with Gasteiger partial charge >= 0.3 is 11.9 Å². The molecule has 0 radical (unpaired) electrons. The van der Waals surface area contributed by atoms with Gasteiger partial charge in [0.1, 0.15) is 6.54 Å². The third kappa shape index (κ3) is 3.67. The first-order valence-corrected chi connectivity index (χ1v) is 8.71. The van der Waals surface area contributed by atoms with Gasteiger partial charge < -0.3 is 14.8 Å². The van der Waals surface area contributed by atoms with Gasteiger partial charge in [0.25, 0.3) is 5.56 Å². The summed E-state index contributed by atoms with van der Waals surface area (Å²) < 4.78 is 42.5. The number of alkyl halides is 3. The number of carbonyl (C=O) groups excluding carboxylic acids is 1. The molecule has 0 unspecified atom stereocenters. The molecule has 1 amide bonds. The Morgan fingerprint density at radius 2 is 1.87 bits per heavy atom. The molecular formula is C18H19F3N6O3. The highest BCUT2D eigenvalue weighted by Crippen LogP contribution is 2.34. The second-order valence-corrected chi connectivity index (χ2v) is 6.93. The van der Waals surface area contributed by atoms with E-state index in [0.29, 0.717) is 10.3 Å². The van der Waals surface area contributed by atoms with Crippen molar-refractivity contribution >= 4 is 28.4 Å². The fraction of sp³-hybridized carbons (Fsp3) is 0.333. The highest BCUT2D eigenvalue weighted by atomic mass is 19.4. The van der Waals surface area contributed by atoms with E-state index in [4.69, 9.17) is 0 Å². The lowest BCUT2D eigenvalue weighted by molar-refractivity contribution is -0.137. The molecule has 0 saturated heterocycles. The molecule has 0 aliphatic rings. The van der Waals surface area contributed by atoms with E-state index in [2.05, 4.69) is 10.3 Å². The van der Waals surface area contributed by atoms with E-state index < -0.39 is 35.4 Å². The van der Waals surface area contributed by atoms with Gasteiger partial charge in [-0.15, -0.1) is 0 Å². The van der Waals surface area contributed by atoms with E-state index in [0.717, 1.165) is 16.7 Å². The Balaban J connectivity index is 2.00. The third-order valence-corrected chi connectivity index (χ3v) is 4.58. The maximum Gasteiger partial charge on any atom is 0.416 e. The van der Waals surface area contributed by atoms with Crippen LogP contribution in [0.15, 0.2) is 34.1 Å². The quantitative estimate of drug-likeness (QED) is 0.678. The van der Waals surface area contributed by atoms with E-state index in [9.17, 15) is 27.6 Å². The summed E-state index contributed by atoms with van der Waals surface area (Å²) in [4.78, 5) is 43.3. The Hall–Kier alpha value is -3.57. The number of hydrogen-bond donors (Lipinski definition) is 1. The number of aromatic nitrogens is 4. The lowest BCUT2D eigenvalue weighted by Gasteiger charge is -2.20. The van der Waals surface area contributed by atoms with Gasteiger partial charge in [0, 0.05) is 28.2 Å². The molecule has 2 heterocycles. The predicted molar refractivity (Wildman–Crippen MR) is 105 cm³/mol. The van der Waals surface area contributed by atoms with Gasteiger partial charge in [0.2, 0.25) is 5.91 Å². The maximum absolute atomic E-state index is 13.1. The zero-order chi connectivity index (χ0) is 22.4. The lowest BCUT2D eigenvalue weighted by Crippen LogP contribution is -2.42. The molecule has 9 nitrogen and oxygen atoms in total. The van der Waals surface area contributed by atoms with E-state index in [1.165, 1.54) is 28.9 Å². The second kappa shape index (κ2) is 7.35. The van der Waals surface area contributed by atoms with Gasteiger partial charge in [0.05, 0.1) is 23.3 Å². The van der Waals surface area contributed by atoms with Crippen LogP contribution in [0.4, 0.5) is 24.5 Å². The molecule has 3 rings (SSSR count). The fourth-order valence-corrected chi connectivity index (χ4v) is 3.07. The van der Waals surface area contributed by atoms with Crippen molar-refractivity contribution in [1.82, 2.24) is 18.7 Å². The van der Waals surface area contributed by atoms with Gasteiger partial charge in [-0.2, -0.15) is 13.2 Å². The predicted octanol–water partition coefficient (Wildman–Crippen LogP) is 1.16. The summed E-state index contributed by atoms with van der Waals surface area (Å²) >= 11 is 0. The molecule has 0 spiro atoms. The molecule has 0 aliphatic heterocycles. The average molecular weight is 424 g/mol. The Morgan fingerprint density at radius 1 is 1.20 bits per heavy atom. The summed E-state index contributed by atoms with van der Waals surface area (Å²) in [5, 5.41) is 2.37. The number of imidazole rings is 1. The standard InChI is InChI=1S/C18H19F3N6O3/c1-24(2)12-6-5-10(18(19,20)21)7-11(12)23-13(28)8-27-16(29)14-15(22-9-25(14)3)26(4)17(27)30/h5-7,9H,8H2,1-4H3,(H,23,28). The molecule has 0 aliphatic carbocycles. The van der Waals surface area contributed by atoms with Crippen molar-refractivity contribution in [3.05, 3.63) is 50.9 Å². The molecule has 160 valence electrons. The maximum atomic E-state index is 13.1. The molecule has 0 bridgehead atoms. The number of halogens is 3. The van der Waals surface area contributed by atoms with Gasteiger partial charge in [-0.3, -0.25) is 14.2 Å². The number of amides is 1. The number of nitrogens with zero attached hydrogens (tertiary/aromatic N) is 5. The van der Waals surface area contributed by atoms with Crippen molar-refractivity contribution < 1.29 is 18.0 Å². The summed E-state index contributed by atoms with van der Waals surface area (Å²) in [5.74, 6) is -0.821. The molecule has 3 aromatic rings. The van der Waals surface area contributed by atoms with Gasteiger partial charge in [-0.05, 0) is 18.2 Å². The minimum Gasteiger partial charge on any atom is -0.376 e. The van der Waals surface area contributed by atoms with Crippen LogP contribution in [0.1, 0.15) is 5.56 Å². The topological polar surface area (TPSA) is 94.2 Å². The minimum atomic E-state index is -4.60. The number of hydrogen-bond acceptors (Lipinski definition) is 5. The fourth-order valence-electron chi connectivity index (χ4n) is 3.07. The van der Waals surface area contributed by atoms with Crippen LogP contribution < -0.4 is 21.5 Å². The van der Waals surface area contributed by atoms with Crippen molar-refractivity contribution in [3.63, 3.8) is 0 Å². The Bertz CT molecular complexity index is 1250. The molecule has 0 atom stereocenters. The number of benzene rings is 1. The van der Waals surface area contributed by atoms with Crippen LogP contribution in [0.5, 0.6) is 0 Å². The Labute approximate surface area is 168 Å². The first-order chi connectivity index (χ1) is 13.9. The van der Waals surface area contributed by atoms with Crippen LogP contribution >= 0.6 is 0 Å². The summed E-state index contributed by atoms with van der Waals surface area (Å²) in [5.41, 5.74) is -1.90. The van der Waals surface area contributed by atoms with Crippen LogP contribution in [-0.4, -0.2) is 38.7 Å². The normalized spacial score (nSPS) is 11.7. The molecular weight excluding hydrogens is 405 g/mol. The molecule has 0 saturated carbocycles. The highest BCUT2D eigenvalue weighted by molar-refractivity contribution is 5.94. The molecule has 0 fully saturated rings. The average Bonchev–Trinajstić information content (AvgIpc) is 3.04. The lowest BCUT2D eigenvalue weighted by atomic mass is 10.1. The zero-order valence-electron chi connectivity index (χ0n) is 16.6. The third-order valence-electron chi connectivity index (χ3n) is 4.58. The van der Waals surface area contributed by atoms with Gasteiger partial charge in [-0.1, -0.05) is 0 Å². The smallest absolute Gasteiger partial charge is 0.376 e. The number of aryl methyl sites for hydroxylation is 2. The van der Waals surface area contributed by atoms with Crippen LogP contribution in [0.3, 0.4) is 0 Å². The highest BCUT2D eigenvalue weighted by Gasteiger charge is 2.31. The van der Waals surface area contributed by atoms with Crippen molar-refractivity contribution in [2.24, 2.45) is 14.1 Å². The zero-order valence-corrected chi connectivity index (χ0v) is 16.6. The molecule has 2 aromatic heterocycles. The number of nitrogens with one attached hydrogen (secondary N) is 1. The van der Waals surface area contributed by atoms with Crippen LogP contribution in [0, 0.1) is 0 Å². The number of rotatable bonds is 4. The summed E-state index contributed by atoms with van der Waals surface area (Å²) in [6.07, 6.45) is -3.23. The second-order valence-electron chi connectivity index (χ2n) is 6.93. The van der Waals surface area contributed by atoms with Gasteiger partial charge in [-0.25, -0.2) is 14.3 Å². The number of carbonyl (C=O) groups is 1. The number of anilines is 2. The van der Waals surface area contributed by atoms with Crippen LogP contribution in [0.25, 0.3) is 11.2 Å². The molecule has 30 heavy (non-hydrogen) atoms. The van der Waals surface area contributed by atoms with Gasteiger partial charge in [0.15, 0.2) is 11.2 Å². The van der Waals surface area contributed by atoms with E-state index in [-0.39, 0.29) is 16.9 Å². The Morgan fingerprint density at radius 3 is 2.47 bits per heavy atom. The Kier molecular flexibility index (Phi) is 5.18. The first-order valence-electron chi connectivity index (χ1n) is 8.71. The molecule has 1 N–H and O–H groups in total. The summed E-state index contributed by atoms with van der Waals surface area (Å²) in [6.45, 7) is -0.671. The van der Waals surface area contributed by atoms with Crippen molar-refractivity contribution in [2.75, 3.05) is 24.3 Å². The summed E-state index contributed by atoms with van der Waals surface area (Å²) in [6, 6.07) is 2.94. The van der Waals surface area contributed by atoms with Crippen molar-refractivity contribution in [2.45, 2.75) is 12.7 Å². The van der Waals surface area contributed by atoms with E-state index >= 15 is 0 Å².